The highest BCUT2D eigenvalue weighted by Crippen LogP contribution is 2.32. The molecule has 0 saturated heterocycles. The molecule has 0 radical (unpaired) electrons. The van der Waals surface area contributed by atoms with E-state index in [4.69, 9.17) is 18.6 Å². The predicted molar refractivity (Wildman–Crippen MR) is 91.3 cm³/mol. The normalized spacial score (nSPS) is 15.3. The van der Waals surface area contributed by atoms with E-state index in [1.807, 2.05) is 18.2 Å². The van der Waals surface area contributed by atoms with Gasteiger partial charge in [0, 0.05) is 0 Å². The summed E-state index contributed by atoms with van der Waals surface area (Å²) in [4.78, 5) is 12.4. The molecule has 1 amide bonds. The lowest BCUT2D eigenvalue weighted by atomic mass is 10.2. The average molecular weight is 353 g/mol. The molecule has 0 fully saturated rings. The van der Waals surface area contributed by atoms with Gasteiger partial charge in [-0.2, -0.15) is 0 Å². The first-order chi connectivity index (χ1) is 12.7. The first-order valence-corrected chi connectivity index (χ1v) is 7.91. The summed E-state index contributed by atoms with van der Waals surface area (Å²) >= 11 is 0. The number of aromatic nitrogens is 2. The number of methoxy groups -OCH3 is 1. The standard InChI is InChI=1S/C18H15N3O5/c1-23-12-7-3-2-6-11(12)17-20-21-18(26-17)19-16(22)15-10-24-13-8-4-5-9-14(13)25-15/h2-9,15H,10H2,1H3,(H,19,21,22)/t15-/m0/s1. The molecule has 1 atom stereocenters. The van der Waals surface area contributed by atoms with Crippen LogP contribution in [0.1, 0.15) is 0 Å². The zero-order valence-electron chi connectivity index (χ0n) is 13.8. The molecular weight excluding hydrogens is 338 g/mol. The second-order valence-corrected chi connectivity index (χ2v) is 5.47. The lowest BCUT2D eigenvalue weighted by Crippen LogP contribution is -2.40. The molecule has 1 aliphatic rings. The molecule has 8 nitrogen and oxygen atoms in total. The van der Waals surface area contributed by atoms with Gasteiger partial charge >= 0.3 is 6.01 Å². The number of carbonyl (C=O) groups excluding carboxylic acids is 1. The molecule has 26 heavy (non-hydrogen) atoms. The van der Waals surface area contributed by atoms with Crippen molar-refractivity contribution in [3.8, 4) is 28.7 Å². The van der Waals surface area contributed by atoms with Crippen molar-refractivity contribution < 1.29 is 23.4 Å². The maximum Gasteiger partial charge on any atom is 0.322 e. The van der Waals surface area contributed by atoms with E-state index in [1.54, 1.807) is 37.4 Å². The SMILES string of the molecule is COc1ccccc1-c1nnc(NC(=O)[C@@H]2COc3ccccc3O2)o1. The van der Waals surface area contributed by atoms with Crippen molar-refractivity contribution in [2.45, 2.75) is 6.10 Å². The minimum Gasteiger partial charge on any atom is -0.496 e. The Morgan fingerprint density at radius 3 is 2.73 bits per heavy atom. The van der Waals surface area contributed by atoms with Gasteiger partial charge < -0.3 is 18.6 Å². The number of anilines is 1. The molecule has 1 aliphatic heterocycles. The fourth-order valence-corrected chi connectivity index (χ4v) is 2.54. The second kappa shape index (κ2) is 6.75. The fraction of sp³-hybridized carbons (Fsp3) is 0.167. The number of benzene rings is 2. The van der Waals surface area contributed by atoms with Gasteiger partial charge in [-0.25, -0.2) is 0 Å². The molecule has 132 valence electrons. The van der Waals surface area contributed by atoms with Crippen molar-refractivity contribution in [2.24, 2.45) is 0 Å². The molecule has 0 saturated carbocycles. The number of para-hydroxylation sites is 3. The summed E-state index contributed by atoms with van der Waals surface area (Å²) in [7, 11) is 1.55. The number of hydrogen-bond acceptors (Lipinski definition) is 7. The Hall–Kier alpha value is -3.55. The molecular formula is C18H15N3O5. The Kier molecular flexibility index (Phi) is 4.14. The Morgan fingerprint density at radius 2 is 1.88 bits per heavy atom. The summed E-state index contributed by atoms with van der Waals surface area (Å²) in [5.74, 6) is 1.51. The molecule has 1 aromatic heterocycles. The molecule has 2 aromatic carbocycles. The smallest absolute Gasteiger partial charge is 0.322 e. The highest BCUT2D eigenvalue weighted by Gasteiger charge is 2.28. The Labute approximate surface area is 148 Å². The van der Waals surface area contributed by atoms with Crippen LogP contribution in [0.4, 0.5) is 6.01 Å². The van der Waals surface area contributed by atoms with Crippen LogP contribution in [0.3, 0.4) is 0 Å². The number of fused-ring (bicyclic) bond motifs is 1. The zero-order valence-corrected chi connectivity index (χ0v) is 13.8. The van der Waals surface area contributed by atoms with Gasteiger partial charge in [0.05, 0.1) is 12.7 Å². The van der Waals surface area contributed by atoms with Crippen LogP contribution in [0.25, 0.3) is 11.5 Å². The molecule has 0 bridgehead atoms. The summed E-state index contributed by atoms with van der Waals surface area (Å²) in [6.07, 6.45) is -0.813. The van der Waals surface area contributed by atoms with E-state index in [1.165, 1.54) is 0 Å². The number of rotatable bonds is 4. The van der Waals surface area contributed by atoms with Gasteiger partial charge in [0.2, 0.25) is 6.10 Å². The predicted octanol–water partition coefficient (Wildman–Crippen LogP) is 2.52. The lowest BCUT2D eigenvalue weighted by Gasteiger charge is -2.24. The Morgan fingerprint density at radius 1 is 1.12 bits per heavy atom. The number of ether oxygens (including phenoxy) is 3. The van der Waals surface area contributed by atoms with Crippen molar-refractivity contribution in [3.05, 3.63) is 48.5 Å². The van der Waals surface area contributed by atoms with Crippen LogP contribution < -0.4 is 19.5 Å². The highest BCUT2D eigenvalue weighted by molar-refractivity contribution is 5.93. The third kappa shape index (κ3) is 3.04. The van der Waals surface area contributed by atoms with Gasteiger partial charge in [-0.05, 0) is 24.3 Å². The molecule has 1 N–H and O–H groups in total. The summed E-state index contributed by atoms with van der Waals surface area (Å²) < 4.78 is 22.0. The van der Waals surface area contributed by atoms with Gasteiger partial charge in [-0.3, -0.25) is 10.1 Å². The minimum atomic E-state index is -0.813. The van der Waals surface area contributed by atoms with Crippen molar-refractivity contribution in [3.63, 3.8) is 0 Å². The van der Waals surface area contributed by atoms with Crippen LogP contribution in [-0.2, 0) is 4.79 Å². The van der Waals surface area contributed by atoms with E-state index >= 15 is 0 Å². The zero-order chi connectivity index (χ0) is 17.9. The van der Waals surface area contributed by atoms with Crippen LogP contribution in [0.5, 0.6) is 17.2 Å². The first kappa shape index (κ1) is 15.9. The molecule has 2 heterocycles. The largest absolute Gasteiger partial charge is 0.496 e. The van der Waals surface area contributed by atoms with E-state index in [0.29, 0.717) is 22.8 Å². The number of carbonyl (C=O) groups is 1. The third-order valence-electron chi connectivity index (χ3n) is 3.79. The molecule has 4 rings (SSSR count). The van der Waals surface area contributed by atoms with Gasteiger partial charge in [-0.15, -0.1) is 5.10 Å². The molecule has 0 spiro atoms. The lowest BCUT2D eigenvalue weighted by molar-refractivity contribution is -0.125. The van der Waals surface area contributed by atoms with Crippen LogP contribution in [-0.4, -0.2) is 35.9 Å². The van der Waals surface area contributed by atoms with E-state index in [0.717, 1.165) is 0 Å². The number of nitrogens with zero attached hydrogens (tertiary/aromatic N) is 2. The maximum absolute atomic E-state index is 12.4. The Balaban J connectivity index is 1.47. The van der Waals surface area contributed by atoms with Gasteiger partial charge in [0.15, 0.2) is 11.5 Å². The molecule has 3 aromatic rings. The van der Waals surface area contributed by atoms with E-state index in [9.17, 15) is 4.79 Å². The van der Waals surface area contributed by atoms with Crippen LogP contribution >= 0.6 is 0 Å². The Bertz CT molecular complexity index is 940. The average Bonchev–Trinajstić information content (AvgIpc) is 3.15. The van der Waals surface area contributed by atoms with Crippen LogP contribution in [0.2, 0.25) is 0 Å². The van der Waals surface area contributed by atoms with Crippen LogP contribution in [0, 0.1) is 0 Å². The second-order valence-electron chi connectivity index (χ2n) is 5.47. The minimum absolute atomic E-state index is 0.0293. The van der Waals surface area contributed by atoms with E-state index in [-0.39, 0.29) is 18.5 Å². The first-order valence-electron chi connectivity index (χ1n) is 7.91. The summed E-state index contributed by atoms with van der Waals surface area (Å²) in [6, 6.07) is 14.3. The number of nitrogens with one attached hydrogen (secondary N) is 1. The van der Waals surface area contributed by atoms with Gasteiger partial charge in [0.25, 0.3) is 11.8 Å². The number of hydrogen-bond donors (Lipinski definition) is 1. The number of amides is 1. The van der Waals surface area contributed by atoms with Crippen molar-refractivity contribution in [1.82, 2.24) is 10.2 Å². The summed E-state index contributed by atoms with van der Waals surface area (Å²) in [5.41, 5.74) is 0.633. The molecule has 8 heteroatoms. The van der Waals surface area contributed by atoms with Crippen LogP contribution in [0.15, 0.2) is 52.9 Å². The van der Waals surface area contributed by atoms with Crippen molar-refractivity contribution in [1.29, 1.82) is 0 Å². The summed E-state index contributed by atoms with van der Waals surface area (Å²) in [6.45, 7) is 0.0936. The van der Waals surface area contributed by atoms with Crippen molar-refractivity contribution >= 4 is 11.9 Å². The molecule has 0 aliphatic carbocycles. The maximum atomic E-state index is 12.4. The fourth-order valence-electron chi connectivity index (χ4n) is 2.54. The monoisotopic (exact) mass is 353 g/mol. The summed E-state index contributed by atoms with van der Waals surface area (Å²) in [5, 5.41) is 10.3. The van der Waals surface area contributed by atoms with Gasteiger partial charge in [-0.1, -0.05) is 29.4 Å². The topological polar surface area (TPSA) is 95.7 Å². The quantitative estimate of drug-likeness (QED) is 0.770. The molecule has 0 unspecified atom stereocenters. The van der Waals surface area contributed by atoms with E-state index in [2.05, 4.69) is 15.5 Å². The van der Waals surface area contributed by atoms with Gasteiger partial charge in [0.1, 0.15) is 12.4 Å². The highest BCUT2D eigenvalue weighted by atomic mass is 16.6. The van der Waals surface area contributed by atoms with E-state index < -0.39 is 12.0 Å². The third-order valence-corrected chi connectivity index (χ3v) is 3.79. The van der Waals surface area contributed by atoms with Crippen molar-refractivity contribution in [2.75, 3.05) is 19.0 Å².